The van der Waals surface area contributed by atoms with Gasteiger partial charge in [0.25, 0.3) is 5.91 Å². The molecule has 2 heterocycles. The number of hydrogen-bond acceptors (Lipinski definition) is 2. The Labute approximate surface area is 122 Å². The maximum atomic E-state index is 12.3. The van der Waals surface area contributed by atoms with Crippen LogP contribution in [0.5, 0.6) is 0 Å². The molecule has 5 heteroatoms. The maximum Gasteiger partial charge on any atom is 0.272 e. The number of halogens is 1. The molecule has 0 bridgehead atoms. The number of aromatic nitrogens is 2. The molecule has 0 atom stereocenters. The molecule has 1 fully saturated rings. The monoisotopic (exact) mass is 289 g/mol. The highest BCUT2D eigenvalue weighted by molar-refractivity contribution is 6.30. The van der Waals surface area contributed by atoms with Gasteiger partial charge in [-0.25, -0.2) is 4.98 Å². The zero-order valence-electron chi connectivity index (χ0n) is 11.3. The normalized spacial score (nSPS) is 14.9. The molecule has 4 nitrogen and oxygen atoms in total. The zero-order chi connectivity index (χ0) is 14.1. The third-order valence-electron chi connectivity index (χ3n) is 3.75. The van der Waals surface area contributed by atoms with Crippen molar-refractivity contribution in [3.63, 3.8) is 0 Å². The second-order valence-electron chi connectivity index (χ2n) is 5.17. The first-order chi connectivity index (χ1) is 9.65. The highest BCUT2D eigenvalue weighted by Crippen LogP contribution is 2.32. The highest BCUT2D eigenvalue weighted by Gasteiger charge is 2.23. The van der Waals surface area contributed by atoms with E-state index in [1.54, 1.807) is 6.20 Å². The van der Waals surface area contributed by atoms with Crippen molar-refractivity contribution in [2.75, 3.05) is 5.32 Å². The van der Waals surface area contributed by atoms with Gasteiger partial charge in [-0.1, -0.05) is 11.6 Å². The van der Waals surface area contributed by atoms with E-state index in [9.17, 15) is 4.79 Å². The van der Waals surface area contributed by atoms with Gasteiger partial charge in [-0.3, -0.25) is 4.79 Å². The average Bonchev–Trinajstić information content (AvgIpc) is 2.81. The van der Waals surface area contributed by atoms with E-state index in [0.717, 1.165) is 18.4 Å². The number of nitrogens with zero attached hydrogens (tertiary/aromatic N) is 2. The Morgan fingerprint density at radius 2 is 2.30 bits per heavy atom. The fourth-order valence-electron chi connectivity index (χ4n) is 2.39. The molecule has 1 aliphatic carbocycles. The molecular formula is C15H16ClN3O. The number of carbonyl (C=O) groups excluding carboxylic acids is 1. The van der Waals surface area contributed by atoms with Gasteiger partial charge in [0.15, 0.2) is 0 Å². The number of carbonyl (C=O) groups is 1. The molecule has 1 saturated carbocycles. The Hall–Kier alpha value is -1.81. The number of nitrogens with one attached hydrogen (secondary N) is 1. The standard InChI is InChI=1S/C15H16ClN3O/c1-10-8-11(9-17-14(10)16)18-15(20)13-6-3-7-19(13)12-4-2-5-12/h3,6-9,12H,2,4-5H2,1H3,(H,18,20). The molecule has 0 aliphatic heterocycles. The van der Waals surface area contributed by atoms with E-state index in [4.69, 9.17) is 11.6 Å². The van der Waals surface area contributed by atoms with Crippen molar-refractivity contribution in [3.8, 4) is 0 Å². The third kappa shape index (κ3) is 2.43. The molecule has 1 aliphatic rings. The summed E-state index contributed by atoms with van der Waals surface area (Å²) in [5.41, 5.74) is 2.21. The van der Waals surface area contributed by atoms with E-state index in [1.165, 1.54) is 6.42 Å². The van der Waals surface area contributed by atoms with Crippen LogP contribution in [0.1, 0.15) is 41.4 Å². The van der Waals surface area contributed by atoms with Gasteiger partial charge in [0.2, 0.25) is 0 Å². The number of hydrogen-bond donors (Lipinski definition) is 1. The molecule has 0 saturated heterocycles. The summed E-state index contributed by atoms with van der Waals surface area (Å²) in [6.45, 7) is 1.86. The fourth-order valence-corrected chi connectivity index (χ4v) is 2.49. The van der Waals surface area contributed by atoms with Crippen LogP contribution < -0.4 is 5.32 Å². The smallest absolute Gasteiger partial charge is 0.272 e. The second kappa shape index (κ2) is 5.29. The largest absolute Gasteiger partial charge is 0.340 e. The molecule has 0 aromatic carbocycles. The van der Waals surface area contributed by atoms with Gasteiger partial charge in [0.05, 0.1) is 11.9 Å². The Morgan fingerprint density at radius 1 is 1.50 bits per heavy atom. The van der Waals surface area contributed by atoms with Gasteiger partial charge < -0.3 is 9.88 Å². The van der Waals surface area contributed by atoms with E-state index in [-0.39, 0.29) is 5.91 Å². The van der Waals surface area contributed by atoms with Crippen LogP contribution in [0.25, 0.3) is 0 Å². The van der Waals surface area contributed by atoms with Crippen LogP contribution in [0.15, 0.2) is 30.6 Å². The van der Waals surface area contributed by atoms with Gasteiger partial charge in [0, 0.05) is 12.2 Å². The summed E-state index contributed by atoms with van der Waals surface area (Å²) >= 11 is 5.88. The SMILES string of the molecule is Cc1cc(NC(=O)c2cccn2C2CCC2)cnc1Cl. The van der Waals surface area contributed by atoms with E-state index < -0.39 is 0 Å². The van der Waals surface area contributed by atoms with Gasteiger partial charge >= 0.3 is 0 Å². The van der Waals surface area contributed by atoms with Crippen LogP contribution in [-0.4, -0.2) is 15.5 Å². The first-order valence-corrected chi connectivity index (χ1v) is 7.13. The van der Waals surface area contributed by atoms with E-state index in [1.807, 2.05) is 31.3 Å². The Balaban J connectivity index is 1.79. The van der Waals surface area contributed by atoms with Crippen LogP contribution >= 0.6 is 11.6 Å². The molecular weight excluding hydrogens is 274 g/mol. The minimum atomic E-state index is -0.106. The van der Waals surface area contributed by atoms with E-state index in [0.29, 0.717) is 22.6 Å². The molecule has 104 valence electrons. The third-order valence-corrected chi connectivity index (χ3v) is 4.15. The molecule has 2 aromatic heterocycles. The fraction of sp³-hybridized carbons (Fsp3) is 0.333. The quantitative estimate of drug-likeness (QED) is 0.873. The van der Waals surface area contributed by atoms with Crippen LogP contribution in [0.4, 0.5) is 5.69 Å². The minimum Gasteiger partial charge on any atom is -0.340 e. The predicted octanol–water partition coefficient (Wildman–Crippen LogP) is 3.82. The predicted molar refractivity (Wildman–Crippen MR) is 79.3 cm³/mol. The molecule has 20 heavy (non-hydrogen) atoms. The van der Waals surface area contributed by atoms with Crippen LogP contribution in [0, 0.1) is 6.92 Å². The summed E-state index contributed by atoms with van der Waals surface area (Å²) in [5.74, 6) is -0.106. The minimum absolute atomic E-state index is 0.106. The molecule has 3 rings (SSSR count). The van der Waals surface area contributed by atoms with Crippen molar-refractivity contribution < 1.29 is 4.79 Å². The van der Waals surface area contributed by atoms with Crippen molar-refractivity contribution in [3.05, 3.63) is 47.0 Å². The van der Waals surface area contributed by atoms with E-state index >= 15 is 0 Å². The summed E-state index contributed by atoms with van der Waals surface area (Å²) in [6.07, 6.45) is 7.09. The van der Waals surface area contributed by atoms with Gasteiger partial charge in [-0.15, -0.1) is 0 Å². The lowest BCUT2D eigenvalue weighted by Crippen LogP contribution is -2.23. The van der Waals surface area contributed by atoms with Crippen LogP contribution in [0.2, 0.25) is 5.15 Å². The zero-order valence-corrected chi connectivity index (χ0v) is 12.0. The second-order valence-corrected chi connectivity index (χ2v) is 5.53. The lowest BCUT2D eigenvalue weighted by molar-refractivity contribution is 0.101. The number of anilines is 1. The van der Waals surface area contributed by atoms with Crippen LogP contribution in [-0.2, 0) is 0 Å². The Kier molecular flexibility index (Phi) is 3.49. The lowest BCUT2D eigenvalue weighted by atomic mass is 9.93. The van der Waals surface area contributed by atoms with Crippen molar-refractivity contribution in [2.24, 2.45) is 0 Å². The highest BCUT2D eigenvalue weighted by atomic mass is 35.5. The Morgan fingerprint density at radius 3 is 2.95 bits per heavy atom. The molecule has 1 amide bonds. The first-order valence-electron chi connectivity index (χ1n) is 6.75. The van der Waals surface area contributed by atoms with Gasteiger partial charge in [0.1, 0.15) is 10.8 Å². The number of aryl methyl sites for hydroxylation is 1. The number of amides is 1. The molecule has 1 N–H and O–H groups in total. The molecule has 0 radical (unpaired) electrons. The van der Waals surface area contributed by atoms with Gasteiger partial charge in [-0.2, -0.15) is 0 Å². The summed E-state index contributed by atoms with van der Waals surface area (Å²) in [6, 6.07) is 6.06. The maximum absolute atomic E-state index is 12.3. The van der Waals surface area contributed by atoms with Crippen molar-refractivity contribution in [2.45, 2.75) is 32.2 Å². The first kappa shape index (κ1) is 13.2. The van der Waals surface area contributed by atoms with Crippen LogP contribution in [0.3, 0.4) is 0 Å². The van der Waals surface area contributed by atoms with Crippen molar-refractivity contribution >= 4 is 23.2 Å². The number of pyridine rings is 1. The Bertz CT molecular complexity index is 646. The molecule has 0 unspecified atom stereocenters. The molecule has 0 spiro atoms. The summed E-state index contributed by atoms with van der Waals surface area (Å²) < 4.78 is 2.06. The van der Waals surface area contributed by atoms with Gasteiger partial charge in [-0.05, 0) is 49.9 Å². The van der Waals surface area contributed by atoms with Crippen molar-refractivity contribution in [1.82, 2.24) is 9.55 Å². The topological polar surface area (TPSA) is 46.9 Å². The average molecular weight is 290 g/mol. The number of rotatable bonds is 3. The summed E-state index contributed by atoms with van der Waals surface area (Å²) in [7, 11) is 0. The molecule has 2 aromatic rings. The van der Waals surface area contributed by atoms with E-state index in [2.05, 4.69) is 14.9 Å². The summed E-state index contributed by atoms with van der Waals surface area (Å²) in [4.78, 5) is 16.4. The summed E-state index contributed by atoms with van der Waals surface area (Å²) in [5, 5.41) is 3.33. The van der Waals surface area contributed by atoms with Crippen molar-refractivity contribution in [1.29, 1.82) is 0 Å². The lowest BCUT2D eigenvalue weighted by Gasteiger charge is -2.28.